The Bertz CT molecular complexity index is 694. The van der Waals surface area contributed by atoms with Crippen LogP contribution in [0.25, 0.3) is 5.57 Å². The molecule has 5 heteroatoms. The minimum absolute atomic E-state index is 0.298. The molecule has 0 saturated heterocycles. The zero-order chi connectivity index (χ0) is 15.9. The van der Waals surface area contributed by atoms with E-state index in [9.17, 15) is 9.18 Å². The van der Waals surface area contributed by atoms with Crippen molar-refractivity contribution in [2.24, 2.45) is 4.99 Å². The molecular formula is C17H14FNO2S. The molecule has 1 amide bonds. The van der Waals surface area contributed by atoms with Crippen molar-refractivity contribution in [3.63, 3.8) is 0 Å². The van der Waals surface area contributed by atoms with Crippen LogP contribution in [-0.2, 0) is 8.98 Å². The van der Waals surface area contributed by atoms with E-state index in [0.717, 1.165) is 29.6 Å². The van der Waals surface area contributed by atoms with E-state index < -0.39 is 5.91 Å². The second kappa shape index (κ2) is 7.56. The number of nitrogens with zero attached hydrogens (tertiary/aromatic N) is 1. The summed E-state index contributed by atoms with van der Waals surface area (Å²) in [5.41, 5.74) is 2.12. The third-order valence-corrected chi connectivity index (χ3v) is 3.48. The molecule has 0 aromatic heterocycles. The summed E-state index contributed by atoms with van der Waals surface area (Å²) < 4.78 is 17.8. The van der Waals surface area contributed by atoms with Gasteiger partial charge in [0.1, 0.15) is 5.82 Å². The van der Waals surface area contributed by atoms with Crippen molar-refractivity contribution in [3.05, 3.63) is 72.1 Å². The molecule has 2 rings (SSSR count). The first-order chi connectivity index (χ1) is 10.6. The smallest absolute Gasteiger partial charge is 0.279 e. The summed E-state index contributed by atoms with van der Waals surface area (Å²) in [4.78, 5) is 16.2. The van der Waals surface area contributed by atoms with Gasteiger partial charge in [0, 0.05) is 10.5 Å². The van der Waals surface area contributed by atoms with Gasteiger partial charge in [0.05, 0.1) is 12.0 Å². The third-order valence-electron chi connectivity index (χ3n) is 2.83. The largest absolute Gasteiger partial charge is 0.408 e. The second-order valence-corrected chi connectivity index (χ2v) is 5.35. The van der Waals surface area contributed by atoms with Gasteiger partial charge < -0.3 is 4.18 Å². The van der Waals surface area contributed by atoms with E-state index in [1.807, 2.05) is 31.2 Å². The van der Waals surface area contributed by atoms with Crippen molar-refractivity contribution in [1.82, 2.24) is 0 Å². The van der Waals surface area contributed by atoms with Gasteiger partial charge in [0.2, 0.25) is 0 Å². The molecule has 3 nitrogen and oxygen atoms in total. The van der Waals surface area contributed by atoms with Crippen LogP contribution in [0, 0.1) is 12.7 Å². The van der Waals surface area contributed by atoms with Gasteiger partial charge in [-0.2, -0.15) is 4.99 Å². The van der Waals surface area contributed by atoms with Gasteiger partial charge in [0.25, 0.3) is 5.91 Å². The molecule has 0 fully saturated rings. The van der Waals surface area contributed by atoms with E-state index in [1.165, 1.54) is 12.1 Å². The lowest BCUT2D eigenvalue weighted by Gasteiger charge is -2.02. The topological polar surface area (TPSA) is 38.7 Å². The monoisotopic (exact) mass is 315 g/mol. The van der Waals surface area contributed by atoms with Gasteiger partial charge >= 0.3 is 0 Å². The number of carbonyl (C=O) groups excluding carboxylic acids is 1. The number of benzene rings is 2. The number of aryl methyl sites for hydroxylation is 1. The van der Waals surface area contributed by atoms with E-state index in [2.05, 4.69) is 11.6 Å². The van der Waals surface area contributed by atoms with Gasteiger partial charge in [-0.3, -0.25) is 4.79 Å². The molecule has 0 N–H and O–H groups in total. The number of amides is 1. The van der Waals surface area contributed by atoms with Crippen molar-refractivity contribution in [3.8, 4) is 0 Å². The maximum atomic E-state index is 12.7. The first-order valence-electron chi connectivity index (χ1n) is 6.48. The SMILES string of the molecule is C=C(C(=O)N=COSc1ccc(F)cc1)c1ccc(C)cc1. The Morgan fingerprint density at radius 2 is 1.82 bits per heavy atom. The van der Waals surface area contributed by atoms with E-state index in [-0.39, 0.29) is 5.82 Å². The highest BCUT2D eigenvalue weighted by Gasteiger charge is 2.07. The molecular weight excluding hydrogens is 301 g/mol. The molecule has 0 radical (unpaired) electrons. The Hall–Kier alpha value is -2.40. The van der Waals surface area contributed by atoms with Gasteiger partial charge in [-0.05, 0) is 36.8 Å². The molecule has 0 unspecified atom stereocenters. The van der Waals surface area contributed by atoms with Crippen molar-refractivity contribution in [1.29, 1.82) is 0 Å². The standard InChI is InChI=1S/C17H14FNO2S/c1-12-3-5-14(6-4-12)13(2)17(20)19-11-21-22-16-9-7-15(18)8-10-16/h3-11H,2H2,1H3. The zero-order valence-electron chi connectivity index (χ0n) is 12.0. The Kier molecular flexibility index (Phi) is 5.49. The minimum atomic E-state index is -0.469. The van der Waals surface area contributed by atoms with E-state index in [0.29, 0.717) is 10.5 Å². The lowest BCUT2D eigenvalue weighted by molar-refractivity contribution is -0.112. The molecule has 0 bridgehead atoms. The van der Waals surface area contributed by atoms with Crippen LogP contribution < -0.4 is 0 Å². The van der Waals surface area contributed by atoms with Gasteiger partial charge in [-0.1, -0.05) is 36.4 Å². The van der Waals surface area contributed by atoms with Gasteiger partial charge in [-0.25, -0.2) is 4.39 Å². The van der Waals surface area contributed by atoms with Crippen LogP contribution in [-0.4, -0.2) is 12.3 Å². The highest BCUT2D eigenvalue weighted by atomic mass is 32.2. The first kappa shape index (κ1) is 16.0. The van der Waals surface area contributed by atoms with Crippen molar-refractivity contribution in [2.45, 2.75) is 11.8 Å². The molecule has 0 spiro atoms. The number of carbonyl (C=O) groups is 1. The van der Waals surface area contributed by atoms with E-state index in [4.69, 9.17) is 4.18 Å². The predicted molar refractivity (Wildman–Crippen MR) is 87.1 cm³/mol. The average Bonchev–Trinajstić information content (AvgIpc) is 2.53. The van der Waals surface area contributed by atoms with Crippen LogP contribution >= 0.6 is 12.0 Å². The quantitative estimate of drug-likeness (QED) is 0.355. The first-order valence-corrected chi connectivity index (χ1v) is 7.22. The number of aliphatic imine (C=N–C) groups is 1. The van der Waals surface area contributed by atoms with E-state index >= 15 is 0 Å². The fraction of sp³-hybridized carbons (Fsp3) is 0.0588. The normalized spacial score (nSPS) is 10.6. The molecule has 0 aliphatic heterocycles. The summed E-state index contributed by atoms with van der Waals surface area (Å²) in [5, 5.41) is 0. The molecule has 0 aliphatic rings. The molecule has 2 aromatic carbocycles. The average molecular weight is 315 g/mol. The number of rotatable bonds is 5. The van der Waals surface area contributed by atoms with Crippen LogP contribution in [0.15, 0.2) is 65.0 Å². The van der Waals surface area contributed by atoms with Crippen LogP contribution in [0.3, 0.4) is 0 Å². The van der Waals surface area contributed by atoms with Crippen molar-refractivity contribution < 1.29 is 13.4 Å². The molecule has 112 valence electrons. The summed E-state index contributed by atoms with van der Waals surface area (Å²) >= 11 is 0.983. The third kappa shape index (κ3) is 4.56. The molecule has 2 aromatic rings. The summed E-state index contributed by atoms with van der Waals surface area (Å²) in [6, 6.07) is 13.2. The number of hydrogen-bond donors (Lipinski definition) is 0. The maximum absolute atomic E-state index is 12.7. The molecule has 0 saturated carbocycles. The van der Waals surface area contributed by atoms with Gasteiger partial charge in [0.15, 0.2) is 6.40 Å². The van der Waals surface area contributed by atoms with Gasteiger partial charge in [-0.15, -0.1) is 0 Å². The Morgan fingerprint density at radius 3 is 2.45 bits per heavy atom. The maximum Gasteiger partial charge on any atom is 0.279 e. The summed E-state index contributed by atoms with van der Waals surface area (Å²) in [5.74, 6) is -0.786. The van der Waals surface area contributed by atoms with E-state index in [1.54, 1.807) is 12.1 Å². The lowest BCUT2D eigenvalue weighted by Crippen LogP contribution is -1.97. The fourth-order valence-electron chi connectivity index (χ4n) is 1.59. The highest BCUT2D eigenvalue weighted by Crippen LogP contribution is 2.18. The summed E-state index contributed by atoms with van der Waals surface area (Å²) in [6.45, 7) is 5.70. The molecule has 22 heavy (non-hydrogen) atoms. The van der Waals surface area contributed by atoms with Crippen molar-refractivity contribution in [2.75, 3.05) is 0 Å². The van der Waals surface area contributed by atoms with Crippen LogP contribution in [0.2, 0.25) is 0 Å². The predicted octanol–water partition coefficient (Wildman–Crippen LogP) is 4.43. The molecule has 0 atom stereocenters. The number of hydrogen-bond acceptors (Lipinski definition) is 3. The summed E-state index contributed by atoms with van der Waals surface area (Å²) in [6.07, 6.45) is 1.05. The Labute approximate surface area is 132 Å². The molecule has 0 aliphatic carbocycles. The Morgan fingerprint density at radius 1 is 1.18 bits per heavy atom. The molecule has 0 heterocycles. The summed E-state index contributed by atoms with van der Waals surface area (Å²) in [7, 11) is 0. The second-order valence-electron chi connectivity index (χ2n) is 4.52. The highest BCUT2D eigenvalue weighted by molar-refractivity contribution is 7.95. The van der Waals surface area contributed by atoms with Crippen molar-refractivity contribution >= 4 is 29.9 Å². The minimum Gasteiger partial charge on any atom is -0.408 e. The lowest BCUT2D eigenvalue weighted by atomic mass is 10.1. The van der Waals surface area contributed by atoms with Crippen LogP contribution in [0.4, 0.5) is 4.39 Å². The number of halogens is 1. The van der Waals surface area contributed by atoms with Crippen LogP contribution in [0.5, 0.6) is 0 Å². The zero-order valence-corrected chi connectivity index (χ0v) is 12.8. The fourth-order valence-corrected chi connectivity index (χ4v) is 2.04. The van der Waals surface area contributed by atoms with Crippen LogP contribution in [0.1, 0.15) is 11.1 Å². The Balaban J connectivity index is 1.87.